The van der Waals surface area contributed by atoms with Crippen molar-refractivity contribution in [2.24, 2.45) is 0 Å². The number of hydrogen-bond acceptors (Lipinski definition) is 0. The smallest absolute Gasteiger partial charge is 0.254 e. The predicted molar refractivity (Wildman–Crippen MR) is 86.7 cm³/mol. The third-order valence-corrected chi connectivity index (χ3v) is 4.65. The fraction of sp³-hybridized carbons (Fsp3) is 0.562. The lowest BCUT2D eigenvalue weighted by Gasteiger charge is -2.01. The first kappa shape index (κ1) is 19.0. The van der Waals surface area contributed by atoms with Gasteiger partial charge in [0, 0.05) is 19.1 Å². The van der Waals surface area contributed by atoms with Crippen molar-refractivity contribution in [3.63, 3.8) is 0 Å². The molecule has 0 N–H and O–H groups in total. The summed E-state index contributed by atoms with van der Waals surface area (Å²) in [7, 11) is 0. The van der Waals surface area contributed by atoms with Gasteiger partial charge in [0.2, 0.25) is 0 Å². The average Bonchev–Trinajstić information content (AvgIpc) is 2.67. The quantitative estimate of drug-likeness (QED) is 0.369. The summed E-state index contributed by atoms with van der Waals surface area (Å²) in [5.74, 6) is 1.28. The van der Waals surface area contributed by atoms with Crippen molar-refractivity contribution in [2.45, 2.75) is 59.5 Å². The third kappa shape index (κ3) is 4.05. The van der Waals surface area contributed by atoms with E-state index in [1.807, 2.05) is 12.1 Å². The highest BCUT2D eigenvalue weighted by molar-refractivity contribution is 6.42. The molecular formula is C16H23Cl2IN2. The van der Waals surface area contributed by atoms with Crippen LogP contribution in [-0.4, -0.2) is 4.57 Å². The number of imidazole rings is 1. The topological polar surface area (TPSA) is 8.81 Å². The second-order valence-corrected chi connectivity index (χ2v) is 6.07. The number of fused-ring (bicyclic) bond motifs is 1. The Hall–Kier alpha value is -0.000000000000000111. The number of nitrogens with zero attached hydrogens (tertiary/aromatic N) is 2. The SMILES string of the molecule is CCCCCC[n+]1c(C)n(CC)c2cc(Cl)c(Cl)cc21.[I-]. The van der Waals surface area contributed by atoms with Gasteiger partial charge in [-0.15, -0.1) is 0 Å². The molecule has 118 valence electrons. The summed E-state index contributed by atoms with van der Waals surface area (Å²) in [5, 5.41) is 1.26. The number of halogens is 3. The van der Waals surface area contributed by atoms with Gasteiger partial charge >= 0.3 is 0 Å². The molecule has 5 heteroatoms. The van der Waals surface area contributed by atoms with Crippen LogP contribution in [0, 0.1) is 6.92 Å². The fourth-order valence-corrected chi connectivity index (χ4v) is 3.15. The van der Waals surface area contributed by atoms with Crippen molar-refractivity contribution >= 4 is 34.2 Å². The minimum absolute atomic E-state index is 0. The summed E-state index contributed by atoms with van der Waals surface area (Å²) in [5.41, 5.74) is 2.37. The highest BCUT2D eigenvalue weighted by Gasteiger charge is 2.21. The molecule has 0 unspecified atom stereocenters. The maximum Gasteiger partial charge on any atom is 0.254 e. The number of unbranched alkanes of at least 4 members (excludes halogenated alkanes) is 3. The molecule has 0 aliphatic rings. The van der Waals surface area contributed by atoms with Crippen LogP contribution < -0.4 is 28.5 Å². The second kappa shape index (κ2) is 8.59. The van der Waals surface area contributed by atoms with Gasteiger partial charge in [0.05, 0.1) is 23.1 Å². The van der Waals surface area contributed by atoms with E-state index >= 15 is 0 Å². The molecule has 0 aliphatic carbocycles. The average molecular weight is 441 g/mol. The molecule has 2 nitrogen and oxygen atoms in total. The summed E-state index contributed by atoms with van der Waals surface area (Å²) in [6.07, 6.45) is 5.06. The number of aryl methyl sites for hydroxylation is 2. The Morgan fingerprint density at radius 1 is 1.05 bits per heavy atom. The molecule has 0 saturated heterocycles. The van der Waals surface area contributed by atoms with Crippen molar-refractivity contribution in [1.29, 1.82) is 0 Å². The first-order valence-electron chi connectivity index (χ1n) is 7.47. The molecule has 21 heavy (non-hydrogen) atoms. The van der Waals surface area contributed by atoms with Crippen LogP contribution in [-0.2, 0) is 13.1 Å². The predicted octanol–water partition coefficient (Wildman–Crippen LogP) is 2.15. The summed E-state index contributed by atoms with van der Waals surface area (Å²) >= 11 is 12.4. The van der Waals surface area contributed by atoms with E-state index in [-0.39, 0.29) is 24.0 Å². The number of hydrogen-bond donors (Lipinski definition) is 0. The Balaban J connectivity index is 0.00000220. The summed E-state index contributed by atoms with van der Waals surface area (Å²) < 4.78 is 4.67. The Morgan fingerprint density at radius 2 is 1.71 bits per heavy atom. The molecule has 1 heterocycles. The van der Waals surface area contributed by atoms with Gasteiger partial charge in [0.1, 0.15) is 0 Å². The van der Waals surface area contributed by atoms with Gasteiger partial charge in [-0.1, -0.05) is 43.0 Å². The minimum atomic E-state index is 0. The Bertz CT molecular complexity index is 608. The number of benzene rings is 1. The highest BCUT2D eigenvalue weighted by atomic mass is 127. The van der Waals surface area contributed by atoms with Crippen LogP contribution in [0.5, 0.6) is 0 Å². The largest absolute Gasteiger partial charge is 1.00 e. The molecule has 0 bridgehead atoms. The van der Waals surface area contributed by atoms with Crippen molar-refractivity contribution < 1.29 is 28.5 Å². The standard InChI is InChI=1S/C16H23Cl2N2.HI/c1-4-6-7-8-9-20-12(3)19(5-2)15-10-13(17)14(18)11-16(15)20;/h10-11H,4-9H2,1-3H3;1H/q+1;/p-1. The van der Waals surface area contributed by atoms with Gasteiger partial charge < -0.3 is 24.0 Å². The minimum Gasteiger partial charge on any atom is -1.00 e. The zero-order valence-corrected chi connectivity index (χ0v) is 16.6. The molecular weight excluding hydrogens is 418 g/mol. The van der Waals surface area contributed by atoms with E-state index in [1.54, 1.807) is 0 Å². The molecule has 0 amide bonds. The van der Waals surface area contributed by atoms with E-state index in [0.29, 0.717) is 10.0 Å². The summed E-state index contributed by atoms with van der Waals surface area (Å²) in [6, 6.07) is 3.98. The van der Waals surface area contributed by atoms with Crippen LogP contribution in [0.2, 0.25) is 10.0 Å². The molecule has 1 aromatic carbocycles. The van der Waals surface area contributed by atoms with Gasteiger partial charge in [0.25, 0.3) is 5.82 Å². The lowest BCUT2D eigenvalue weighted by Crippen LogP contribution is -3.00. The molecule has 0 saturated carbocycles. The van der Waals surface area contributed by atoms with Gasteiger partial charge in [-0.05, 0) is 19.8 Å². The van der Waals surface area contributed by atoms with Crippen LogP contribution >= 0.6 is 23.2 Å². The molecule has 0 spiro atoms. The van der Waals surface area contributed by atoms with Crippen LogP contribution in [0.3, 0.4) is 0 Å². The van der Waals surface area contributed by atoms with Gasteiger partial charge in [-0.3, -0.25) is 0 Å². The van der Waals surface area contributed by atoms with E-state index in [0.717, 1.165) is 13.1 Å². The monoisotopic (exact) mass is 440 g/mol. The van der Waals surface area contributed by atoms with Gasteiger partial charge in [0.15, 0.2) is 11.0 Å². The Kier molecular flexibility index (Phi) is 7.79. The molecule has 2 rings (SSSR count). The first-order chi connectivity index (χ1) is 9.60. The summed E-state index contributed by atoms with van der Waals surface area (Å²) in [4.78, 5) is 0. The van der Waals surface area contributed by atoms with E-state index in [4.69, 9.17) is 23.2 Å². The maximum atomic E-state index is 6.19. The Labute approximate surface area is 154 Å². The second-order valence-electron chi connectivity index (χ2n) is 5.26. The molecule has 1 aromatic heterocycles. The van der Waals surface area contributed by atoms with Gasteiger partial charge in [-0.25, -0.2) is 9.13 Å². The van der Waals surface area contributed by atoms with Crippen molar-refractivity contribution in [2.75, 3.05) is 0 Å². The van der Waals surface area contributed by atoms with Gasteiger partial charge in [-0.2, -0.15) is 0 Å². The number of aromatic nitrogens is 2. The van der Waals surface area contributed by atoms with Crippen LogP contribution in [0.4, 0.5) is 0 Å². The fourth-order valence-electron chi connectivity index (χ4n) is 2.83. The zero-order valence-electron chi connectivity index (χ0n) is 12.9. The normalized spacial score (nSPS) is 10.9. The summed E-state index contributed by atoms with van der Waals surface area (Å²) in [6.45, 7) is 8.57. The third-order valence-electron chi connectivity index (χ3n) is 3.93. The highest BCUT2D eigenvalue weighted by Crippen LogP contribution is 2.27. The van der Waals surface area contributed by atoms with Crippen LogP contribution in [0.15, 0.2) is 12.1 Å². The lowest BCUT2D eigenvalue weighted by molar-refractivity contribution is -0.678. The van der Waals surface area contributed by atoms with E-state index in [9.17, 15) is 0 Å². The molecule has 0 aliphatic heterocycles. The first-order valence-corrected chi connectivity index (χ1v) is 8.23. The molecule has 2 aromatic rings. The van der Waals surface area contributed by atoms with E-state index in [1.165, 1.54) is 42.5 Å². The number of rotatable bonds is 6. The van der Waals surface area contributed by atoms with Crippen molar-refractivity contribution in [3.8, 4) is 0 Å². The maximum absolute atomic E-state index is 6.19. The molecule has 0 atom stereocenters. The zero-order chi connectivity index (χ0) is 14.7. The lowest BCUT2D eigenvalue weighted by atomic mass is 10.2. The van der Waals surface area contributed by atoms with E-state index < -0.39 is 0 Å². The van der Waals surface area contributed by atoms with Crippen molar-refractivity contribution in [3.05, 3.63) is 28.0 Å². The Morgan fingerprint density at radius 3 is 2.33 bits per heavy atom. The van der Waals surface area contributed by atoms with Crippen molar-refractivity contribution in [1.82, 2.24) is 4.57 Å². The van der Waals surface area contributed by atoms with Crippen LogP contribution in [0.25, 0.3) is 11.0 Å². The van der Waals surface area contributed by atoms with Crippen LogP contribution in [0.1, 0.15) is 45.4 Å². The van der Waals surface area contributed by atoms with E-state index in [2.05, 4.69) is 29.9 Å². The molecule has 0 fully saturated rings. The molecule has 0 radical (unpaired) electrons.